The highest BCUT2D eigenvalue weighted by molar-refractivity contribution is 5.34. The molecule has 0 aromatic carbocycles. The molecule has 1 nitrogen and oxygen atoms in total. The van der Waals surface area contributed by atoms with Gasteiger partial charge in [-0.3, -0.25) is 0 Å². The predicted octanol–water partition coefficient (Wildman–Crippen LogP) is 1.83. The van der Waals surface area contributed by atoms with Crippen LogP contribution >= 0.6 is 0 Å². The maximum atomic E-state index is 3.24. The summed E-state index contributed by atoms with van der Waals surface area (Å²) in [4.78, 5) is 0. The Morgan fingerprint density at radius 3 is 3.20 bits per heavy atom. The first-order valence-electron chi connectivity index (χ1n) is 3.97. The lowest BCUT2D eigenvalue weighted by Gasteiger charge is -2.08. The second-order valence-corrected chi connectivity index (χ2v) is 3.36. The van der Waals surface area contributed by atoms with Gasteiger partial charge in [0.05, 0.1) is 0 Å². The molecule has 54 valence electrons. The van der Waals surface area contributed by atoms with Crippen LogP contribution in [0.2, 0.25) is 0 Å². The Bertz CT molecular complexity index is 201. The molecule has 0 radical (unpaired) electrons. The molecule has 1 aliphatic heterocycles. The van der Waals surface area contributed by atoms with Gasteiger partial charge in [0.25, 0.3) is 0 Å². The number of hydrogen-bond acceptors (Lipinski definition) is 1. The molecule has 0 amide bonds. The van der Waals surface area contributed by atoms with E-state index in [1.54, 1.807) is 11.1 Å². The van der Waals surface area contributed by atoms with Crippen molar-refractivity contribution in [1.82, 2.24) is 5.32 Å². The summed E-state index contributed by atoms with van der Waals surface area (Å²) in [7, 11) is 0. The van der Waals surface area contributed by atoms with Gasteiger partial charge in [0.1, 0.15) is 0 Å². The van der Waals surface area contributed by atoms with Gasteiger partial charge < -0.3 is 5.32 Å². The van der Waals surface area contributed by atoms with Gasteiger partial charge in [0.2, 0.25) is 0 Å². The Labute approximate surface area is 61.8 Å². The molecule has 2 aliphatic rings. The molecule has 0 bridgehead atoms. The van der Waals surface area contributed by atoms with Crippen molar-refractivity contribution < 1.29 is 0 Å². The highest BCUT2D eigenvalue weighted by Crippen LogP contribution is 2.32. The van der Waals surface area contributed by atoms with Crippen LogP contribution in [0.3, 0.4) is 0 Å². The third kappa shape index (κ3) is 0.859. The van der Waals surface area contributed by atoms with E-state index in [0.717, 1.165) is 12.5 Å². The lowest BCUT2D eigenvalue weighted by Crippen LogP contribution is -2.12. The van der Waals surface area contributed by atoms with Crippen molar-refractivity contribution >= 4 is 0 Å². The Morgan fingerprint density at radius 1 is 1.50 bits per heavy atom. The summed E-state index contributed by atoms with van der Waals surface area (Å²) >= 11 is 0. The SMILES string of the molecule is CC1CC2=C(CNC=C2)C1. The molecule has 1 heterocycles. The van der Waals surface area contributed by atoms with E-state index in [9.17, 15) is 0 Å². The van der Waals surface area contributed by atoms with Crippen LogP contribution in [0.5, 0.6) is 0 Å². The van der Waals surface area contributed by atoms with Crippen molar-refractivity contribution in [2.45, 2.75) is 19.8 Å². The molecule has 0 saturated heterocycles. The van der Waals surface area contributed by atoms with Gasteiger partial charge in [-0.15, -0.1) is 0 Å². The minimum absolute atomic E-state index is 0.884. The van der Waals surface area contributed by atoms with Gasteiger partial charge in [-0.25, -0.2) is 0 Å². The van der Waals surface area contributed by atoms with E-state index in [0.29, 0.717) is 0 Å². The standard InChI is InChI=1S/C9H13N/c1-7-4-8-2-3-10-6-9(8)5-7/h2-3,7,10H,4-6H2,1H3. The van der Waals surface area contributed by atoms with E-state index in [1.165, 1.54) is 12.8 Å². The van der Waals surface area contributed by atoms with Crippen molar-refractivity contribution in [3.05, 3.63) is 23.4 Å². The number of allylic oxidation sites excluding steroid dienone is 2. The van der Waals surface area contributed by atoms with Crippen molar-refractivity contribution in [1.29, 1.82) is 0 Å². The lowest BCUT2D eigenvalue weighted by atomic mass is 10.1. The molecule has 1 N–H and O–H groups in total. The van der Waals surface area contributed by atoms with Gasteiger partial charge in [-0.2, -0.15) is 0 Å². The van der Waals surface area contributed by atoms with E-state index >= 15 is 0 Å². The van der Waals surface area contributed by atoms with Crippen LogP contribution in [-0.4, -0.2) is 6.54 Å². The highest BCUT2D eigenvalue weighted by atomic mass is 14.8. The number of nitrogens with one attached hydrogen (secondary N) is 1. The maximum Gasteiger partial charge on any atom is 0.0360 e. The second-order valence-electron chi connectivity index (χ2n) is 3.36. The average Bonchev–Trinajstić information content (AvgIpc) is 2.27. The Morgan fingerprint density at radius 2 is 2.40 bits per heavy atom. The Balaban J connectivity index is 2.21. The molecule has 0 fully saturated rings. The fourth-order valence-electron chi connectivity index (χ4n) is 1.86. The number of rotatable bonds is 0. The molecular formula is C9H13N. The molecule has 0 aromatic heterocycles. The van der Waals surface area contributed by atoms with E-state index in [4.69, 9.17) is 0 Å². The first-order chi connectivity index (χ1) is 4.86. The van der Waals surface area contributed by atoms with Gasteiger partial charge >= 0.3 is 0 Å². The molecule has 10 heavy (non-hydrogen) atoms. The van der Waals surface area contributed by atoms with Crippen molar-refractivity contribution in [3.63, 3.8) is 0 Å². The number of hydrogen-bond donors (Lipinski definition) is 1. The third-order valence-electron chi connectivity index (χ3n) is 2.34. The monoisotopic (exact) mass is 135 g/mol. The summed E-state index contributed by atoms with van der Waals surface area (Å²) < 4.78 is 0. The van der Waals surface area contributed by atoms with Gasteiger partial charge in [-0.05, 0) is 42.2 Å². The van der Waals surface area contributed by atoms with E-state index in [-0.39, 0.29) is 0 Å². The first kappa shape index (κ1) is 6.02. The molecular weight excluding hydrogens is 122 g/mol. The van der Waals surface area contributed by atoms with Crippen molar-refractivity contribution in [3.8, 4) is 0 Å². The minimum atomic E-state index is 0.884. The zero-order valence-corrected chi connectivity index (χ0v) is 6.35. The zero-order chi connectivity index (χ0) is 6.97. The molecule has 2 rings (SSSR count). The Kier molecular flexibility index (Phi) is 1.30. The van der Waals surface area contributed by atoms with Crippen LogP contribution in [0.25, 0.3) is 0 Å². The Hall–Kier alpha value is -0.720. The van der Waals surface area contributed by atoms with Crippen LogP contribution in [0.15, 0.2) is 23.4 Å². The van der Waals surface area contributed by atoms with E-state index in [1.807, 2.05) is 0 Å². The second kappa shape index (κ2) is 2.15. The minimum Gasteiger partial charge on any atom is -0.387 e. The molecule has 1 heteroatoms. The topological polar surface area (TPSA) is 12.0 Å². The van der Waals surface area contributed by atoms with Crippen molar-refractivity contribution in [2.75, 3.05) is 6.54 Å². The van der Waals surface area contributed by atoms with Gasteiger partial charge in [0, 0.05) is 6.54 Å². The lowest BCUT2D eigenvalue weighted by molar-refractivity contribution is 0.619. The highest BCUT2D eigenvalue weighted by Gasteiger charge is 2.19. The normalized spacial score (nSPS) is 30.3. The zero-order valence-electron chi connectivity index (χ0n) is 6.35. The van der Waals surface area contributed by atoms with Crippen LogP contribution in [0.1, 0.15) is 19.8 Å². The largest absolute Gasteiger partial charge is 0.387 e. The summed E-state index contributed by atoms with van der Waals surface area (Å²) in [5, 5.41) is 3.24. The quantitative estimate of drug-likeness (QED) is 0.534. The summed E-state index contributed by atoms with van der Waals surface area (Å²) in [6, 6.07) is 0. The average molecular weight is 135 g/mol. The van der Waals surface area contributed by atoms with Crippen molar-refractivity contribution in [2.24, 2.45) is 5.92 Å². The van der Waals surface area contributed by atoms with Crippen LogP contribution in [0, 0.1) is 5.92 Å². The molecule has 0 aromatic rings. The van der Waals surface area contributed by atoms with E-state index in [2.05, 4.69) is 24.5 Å². The van der Waals surface area contributed by atoms with Crippen LogP contribution < -0.4 is 5.32 Å². The molecule has 0 saturated carbocycles. The van der Waals surface area contributed by atoms with Crippen LogP contribution in [-0.2, 0) is 0 Å². The molecule has 0 spiro atoms. The van der Waals surface area contributed by atoms with Gasteiger partial charge in [-0.1, -0.05) is 6.92 Å². The van der Waals surface area contributed by atoms with E-state index < -0.39 is 0 Å². The van der Waals surface area contributed by atoms with Gasteiger partial charge in [0.15, 0.2) is 0 Å². The third-order valence-corrected chi connectivity index (χ3v) is 2.34. The molecule has 1 unspecified atom stereocenters. The summed E-state index contributed by atoms with van der Waals surface area (Å²) in [5.41, 5.74) is 3.22. The fourth-order valence-corrected chi connectivity index (χ4v) is 1.86. The summed E-state index contributed by atoms with van der Waals surface area (Å²) in [6.45, 7) is 3.42. The molecule has 1 atom stereocenters. The summed E-state index contributed by atoms with van der Waals surface area (Å²) in [6.07, 6.45) is 6.90. The smallest absolute Gasteiger partial charge is 0.0360 e. The first-order valence-corrected chi connectivity index (χ1v) is 3.97. The molecule has 1 aliphatic carbocycles. The number of dihydropyridines is 1. The fraction of sp³-hybridized carbons (Fsp3) is 0.556. The summed E-state index contributed by atoms with van der Waals surface area (Å²) in [5.74, 6) is 0.884. The predicted molar refractivity (Wildman–Crippen MR) is 42.6 cm³/mol. The maximum absolute atomic E-state index is 3.24. The van der Waals surface area contributed by atoms with Crippen LogP contribution in [0.4, 0.5) is 0 Å².